The Labute approximate surface area is 161 Å². The number of aromatic nitrogens is 3. The van der Waals surface area contributed by atoms with Gasteiger partial charge in [0.15, 0.2) is 0 Å². The number of rotatable bonds is 6. The van der Waals surface area contributed by atoms with Crippen molar-refractivity contribution in [1.82, 2.24) is 18.8 Å². The Kier molecular flexibility index (Phi) is 5.06. The largest absolute Gasteiger partial charge is 0.324 e. The van der Waals surface area contributed by atoms with Crippen molar-refractivity contribution in [1.29, 1.82) is 0 Å². The first-order valence-corrected chi connectivity index (χ1v) is 10.1. The van der Waals surface area contributed by atoms with E-state index in [9.17, 15) is 0 Å². The average Bonchev–Trinajstić information content (AvgIpc) is 3.25. The lowest BCUT2D eigenvalue weighted by Gasteiger charge is -2.15. The summed E-state index contributed by atoms with van der Waals surface area (Å²) in [6.45, 7) is 3.82. The third kappa shape index (κ3) is 3.82. The van der Waals surface area contributed by atoms with E-state index in [4.69, 9.17) is 0 Å². The second-order valence-corrected chi connectivity index (χ2v) is 8.52. The third-order valence-electron chi connectivity index (χ3n) is 4.23. The van der Waals surface area contributed by atoms with Crippen LogP contribution in [0.5, 0.6) is 0 Å². The SMILES string of the molecule is Cc1nc2cnccc2n1Cc1ccc(SN(C)Cc2cccs2)cc1. The van der Waals surface area contributed by atoms with Crippen molar-refractivity contribution >= 4 is 34.3 Å². The van der Waals surface area contributed by atoms with Gasteiger partial charge in [0, 0.05) is 29.1 Å². The number of aryl methyl sites for hydroxylation is 1. The molecule has 6 heteroatoms. The first-order valence-electron chi connectivity index (χ1n) is 8.46. The van der Waals surface area contributed by atoms with Gasteiger partial charge in [-0.25, -0.2) is 9.29 Å². The highest BCUT2D eigenvalue weighted by Crippen LogP contribution is 2.25. The number of hydrogen-bond acceptors (Lipinski definition) is 5. The maximum atomic E-state index is 4.59. The van der Waals surface area contributed by atoms with Crippen molar-refractivity contribution in [2.45, 2.75) is 24.9 Å². The van der Waals surface area contributed by atoms with Crippen LogP contribution in [-0.4, -0.2) is 25.9 Å². The van der Waals surface area contributed by atoms with Crippen LogP contribution in [0.2, 0.25) is 0 Å². The summed E-state index contributed by atoms with van der Waals surface area (Å²) in [6.07, 6.45) is 3.64. The number of benzene rings is 1. The Balaban J connectivity index is 1.45. The zero-order valence-corrected chi connectivity index (χ0v) is 16.4. The highest BCUT2D eigenvalue weighted by atomic mass is 32.2. The Morgan fingerprint density at radius 1 is 1.15 bits per heavy atom. The van der Waals surface area contributed by atoms with E-state index in [0.717, 1.165) is 29.9 Å². The molecule has 0 atom stereocenters. The molecule has 1 aromatic carbocycles. The summed E-state index contributed by atoms with van der Waals surface area (Å²) in [7, 11) is 2.13. The van der Waals surface area contributed by atoms with Gasteiger partial charge in [0.2, 0.25) is 0 Å². The molecule has 0 fully saturated rings. The van der Waals surface area contributed by atoms with Crippen LogP contribution in [0.15, 0.2) is 65.1 Å². The van der Waals surface area contributed by atoms with Gasteiger partial charge in [-0.1, -0.05) is 18.2 Å². The van der Waals surface area contributed by atoms with Gasteiger partial charge in [0.25, 0.3) is 0 Å². The van der Waals surface area contributed by atoms with E-state index in [2.05, 4.69) is 67.7 Å². The molecule has 0 radical (unpaired) electrons. The fraction of sp³-hybridized carbons (Fsp3) is 0.200. The fourth-order valence-corrected chi connectivity index (χ4v) is 4.63. The molecule has 0 aliphatic heterocycles. The van der Waals surface area contributed by atoms with Crippen LogP contribution < -0.4 is 0 Å². The molecule has 3 aromatic heterocycles. The lowest BCUT2D eigenvalue weighted by atomic mass is 10.2. The molecule has 0 aliphatic rings. The molecular weight excluding hydrogens is 360 g/mol. The summed E-state index contributed by atoms with van der Waals surface area (Å²) >= 11 is 3.58. The van der Waals surface area contributed by atoms with E-state index in [0.29, 0.717) is 0 Å². The van der Waals surface area contributed by atoms with Gasteiger partial charge in [-0.3, -0.25) is 4.98 Å². The van der Waals surface area contributed by atoms with Crippen LogP contribution in [0.25, 0.3) is 11.0 Å². The predicted octanol–water partition coefficient (Wildman–Crippen LogP) is 4.99. The molecule has 0 saturated carbocycles. The molecule has 4 nitrogen and oxygen atoms in total. The van der Waals surface area contributed by atoms with E-state index >= 15 is 0 Å². The quantitative estimate of drug-likeness (QED) is 0.441. The minimum atomic E-state index is 0.822. The van der Waals surface area contributed by atoms with Crippen LogP contribution in [0, 0.1) is 6.92 Å². The molecule has 0 amide bonds. The maximum Gasteiger partial charge on any atom is 0.107 e. The van der Waals surface area contributed by atoms with E-state index in [1.165, 1.54) is 15.3 Å². The van der Waals surface area contributed by atoms with Crippen LogP contribution in [0.3, 0.4) is 0 Å². The topological polar surface area (TPSA) is 34.0 Å². The molecule has 0 aliphatic carbocycles. The zero-order chi connectivity index (χ0) is 17.9. The summed E-state index contributed by atoms with van der Waals surface area (Å²) in [4.78, 5) is 11.4. The van der Waals surface area contributed by atoms with Crippen LogP contribution >= 0.6 is 23.3 Å². The molecule has 26 heavy (non-hydrogen) atoms. The number of thiophene rings is 1. The van der Waals surface area contributed by atoms with E-state index in [1.807, 2.05) is 25.4 Å². The van der Waals surface area contributed by atoms with Gasteiger partial charge >= 0.3 is 0 Å². The van der Waals surface area contributed by atoms with Gasteiger partial charge in [0.05, 0.1) is 11.7 Å². The molecular formula is C20H20N4S2. The van der Waals surface area contributed by atoms with E-state index in [1.54, 1.807) is 23.3 Å². The van der Waals surface area contributed by atoms with Crippen molar-refractivity contribution in [2.75, 3.05) is 7.05 Å². The van der Waals surface area contributed by atoms with Gasteiger partial charge in [0.1, 0.15) is 11.3 Å². The molecule has 0 N–H and O–H groups in total. The van der Waals surface area contributed by atoms with Gasteiger partial charge in [-0.05, 0) is 61.1 Å². The second kappa shape index (κ2) is 7.61. The molecule has 0 spiro atoms. The number of nitrogens with zero attached hydrogens (tertiary/aromatic N) is 4. The minimum absolute atomic E-state index is 0.822. The molecule has 0 saturated heterocycles. The average molecular weight is 381 g/mol. The smallest absolute Gasteiger partial charge is 0.107 e. The number of imidazole rings is 1. The van der Waals surface area contributed by atoms with Gasteiger partial charge in [-0.2, -0.15) is 0 Å². The zero-order valence-electron chi connectivity index (χ0n) is 14.8. The van der Waals surface area contributed by atoms with Crippen LogP contribution in [-0.2, 0) is 13.1 Å². The van der Waals surface area contributed by atoms with Crippen molar-refractivity contribution in [3.63, 3.8) is 0 Å². The first kappa shape index (κ1) is 17.3. The molecule has 0 unspecified atom stereocenters. The van der Waals surface area contributed by atoms with Crippen molar-refractivity contribution in [3.05, 3.63) is 76.5 Å². The molecule has 0 bridgehead atoms. The second-order valence-electron chi connectivity index (χ2n) is 6.21. The molecule has 4 rings (SSSR count). The normalized spacial score (nSPS) is 11.5. The maximum absolute atomic E-state index is 4.59. The molecule has 132 valence electrons. The number of fused-ring (bicyclic) bond motifs is 1. The summed E-state index contributed by atoms with van der Waals surface area (Å²) in [5, 5.41) is 2.13. The van der Waals surface area contributed by atoms with Crippen LogP contribution in [0.1, 0.15) is 16.3 Å². The Hall–Kier alpha value is -2.15. The van der Waals surface area contributed by atoms with Gasteiger partial charge < -0.3 is 4.57 Å². The lowest BCUT2D eigenvalue weighted by Crippen LogP contribution is -2.07. The monoisotopic (exact) mass is 380 g/mol. The fourth-order valence-electron chi connectivity index (χ4n) is 2.97. The Morgan fingerprint density at radius 2 is 2.00 bits per heavy atom. The molecule has 4 aromatic rings. The number of hydrogen-bond donors (Lipinski definition) is 0. The Bertz CT molecular complexity index is 991. The lowest BCUT2D eigenvalue weighted by molar-refractivity contribution is 0.571. The molecule has 3 heterocycles. The third-order valence-corrected chi connectivity index (χ3v) is 6.01. The van der Waals surface area contributed by atoms with Crippen molar-refractivity contribution < 1.29 is 0 Å². The van der Waals surface area contributed by atoms with Crippen molar-refractivity contribution in [3.8, 4) is 0 Å². The van der Waals surface area contributed by atoms with Crippen LogP contribution in [0.4, 0.5) is 0 Å². The number of pyridine rings is 1. The summed E-state index contributed by atoms with van der Waals surface area (Å²) < 4.78 is 4.50. The van der Waals surface area contributed by atoms with E-state index < -0.39 is 0 Å². The summed E-state index contributed by atoms with van der Waals surface area (Å²) in [5.74, 6) is 1.02. The highest BCUT2D eigenvalue weighted by Gasteiger charge is 2.08. The predicted molar refractivity (Wildman–Crippen MR) is 109 cm³/mol. The van der Waals surface area contributed by atoms with Gasteiger partial charge in [-0.15, -0.1) is 11.3 Å². The highest BCUT2D eigenvalue weighted by molar-refractivity contribution is 7.97. The van der Waals surface area contributed by atoms with E-state index in [-0.39, 0.29) is 0 Å². The van der Waals surface area contributed by atoms with Crippen molar-refractivity contribution in [2.24, 2.45) is 0 Å². The first-order chi connectivity index (χ1) is 12.7. The summed E-state index contributed by atoms with van der Waals surface area (Å²) in [5.41, 5.74) is 3.36. The standard InChI is InChI=1S/C20H20N4S2/c1-15-22-19-12-21-10-9-20(19)24(15)13-16-5-7-17(8-6-16)26-23(2)14-18-4-3-11-25-18/h3-12H,13-14H2,1-2H3. The Morgan fingerprint density at radius 3 is 2.77 bits per heavy atom. The minimum Gasteiger partial charge on any atom is -0.324 e. The summed E-state index contributed by atoms with van der Waals surface area (Å²) in [6, 6.07) is 15.1.